The van der Waals surface area contributed by atoms with Crippen molar-refractivity contribution in [2.45, 2.75) is 0 Å². The molecular formula is C7H6N2O4S2. The molecule has 2 heterocycles. The van der Waals surface area contributed by atoms with Gasteiger partial charge in [0.1, 0.15) is 10.6 Å². The van der Waals surface area contributed by atoms with Gasteiger partial charge in [-0.05, 0) is 0 Å². The molecule has 15 heavy (non-hydrogen) atoms. The zero-order valence-corrected chi connectivity index (χ0v) is 9.18. The van der Waals surface area contributed by atoms with Gasteiger partial charge in [-0.3, -0.25) is 9.59 Å². The van der Waals surface area contributed by atoms with Crippen molar-refractivity contribution in [2.75, 3.05) is 7.05 Å². The fourth-order valence-corrected chi connectivity index (χ4v) is 4.22. The van der Waals surface area contributed by atoms with Crippen molar-refractivity contribution >= 4 is 32.0 Å². The van der Waals surface area contributed by atoms with Crippen LogP contribution < -0.4 is 5.32 Å². The normalized spacial score (nSPS) is 22.2. The summed E-state index contributed by atoms with van der Waals surface area (Å²) >= 11 is 0. The van der Waals surface area contributed by atoms with E-state index in [-0.39, 0.29) is 16.3 Å². The largest absolute Gasteiger partial charge is 0.319 e. The van der Waals surface area contributed by atoms with Crippen molar-refractivity contribution in [1.29, 1.82) is 0 Å². The van der Waals surface area contributed by atoms with Crippen LogP contribution in [-0.4, -0.2) is 32.7 Å². The lowest BCUT2D eigenvalue weighted by molar-refractivity contribution is -0.122. The second-order valence-electron chi connectivity index (χ2n) is 2.93. The standard InChI is InChI=1S/C7H6N2O4S2/c1-9(3-10)5-6-4(8-7(5)11)2-14-15(6,12)13/h2-3H,1H3,(H,8,11). The highest BCUT2D eigenvalue weighted by Gasteiger charge is 2.41. The summed E-state index contributed by atoms with van der Waals surface area (Å²) in [5.74, 6) is -0.574. The molecule has 0 saturated carbocycles. The summed E-state index contributed by atoms with van der Waals surface area (Å²) in [4.78, 5) is 22.8. The summed E-state index contributed by atoms with van der Waals surface area (Å²) in [6, 6.07) is 0. The quantitative estimate of drug-likeness (QED) is 0.516. The van der Waals surface area contributed by atoms with Gasteiger partial charge >= 0.3 is 0 Å². The van der Waals surface area contributed by atoms with E-state index < -0.39 is 14.8 Å². The van der Waals surface area contributed by atoms with E-state index in [1.165, 1.54) is 12.5 Å². The van der Waals surface area contributed by atoms with Gasteiger partial charge in [0.2, 0.25) is 15.3 Å². The van der Waals surface area contributed by atoms with Gasteiger partial charge in [0.05, 0.1) is 5.70 Å². The van der Waals surface area contributed by atoms with Crippen molar-refractivity contribution in [3.8, 4) is 0 Å². The molecule has 0 unspecified atom stereocenters. The van der Waals surface area contributed by atoms with E-state index >= 15 is 0 Å². The molecule has 0 aromatic rings. The number of nitrogens with zero attached hydrogens (tertiary/aromatic N) is 1. The molecule has 8 heteroatoms. The highest BCUT2D eigenvalue weighted by atomic mass is 33.1. The number of likely N-dealkylation sites (N-methyl/N-ethyl adjacent to an activating group) is 1. The average molecular weight is 246 g/mol. The van der Waals surface area contributed by atoms with Crippen LogP contribution >= 0.6 is 10.8 Å². The van der Waals surface area contributed by atoms with E-state index in [0.717, 1.165) is 4.90 Å². The Balaban J connectivity index is 2.66. The Morgan fingerprint density at radius 3 is 2.80 bits per heavy atom. The van der Waals surface area contributed by atoms with E-state index in [1.807, 2.05) is 0 Å². The molecule has 80 valence electrons. The highest BCUT2D eigenvalue weighted by Crippen LogP contribution is 2.41. The maximum Gasteiger partial charge on any atom is 0.273 e. The first-order chi connectivity index (χ1) is 6.97. The summed E-state index contributed by atoms with van der Waals surface area (Å²) in [5, 5.41) is 3.73. The molecule has 2 amide bonds. The van der Waals surface area contributed by atoms with Crippen molar-refractivity contribution < 1.29 is 18.0 Å². The molecule has 0 aromatic carbocycles. The maximum atomic E-state index is 11.5. The summed E-state index contributed by atoms with van der Waals surface area (Å²) in [6.07, 6.45) is 0.392. The number of rotatable bonds is 2. The van der Waals surface area contributed by atoms with E-state index in [9.17, 15) is 18.0 Å². The number of carbonyl (C=O) groups excluding carboxylic acids is 2. The minimum Gasteiger partial charge on any atom is -0.319 e. The summed E-state index contributed by atoms with van der Waals surface area (Å²) < 4.78 is 23.1. The second-order valence-corrected chi connectivity index (χ2v) is 6.57. The molecule has 0 fully saturated rings. The Labute approximate surface area is 89.3 Å². The lowest BCUT2D eigenvalue weighted by atomic mass is 10.4. The molecule has 0 bridgehead atoms. The molecule has 1 N–H and O–H groups in total. The van der Waals surface area contributed by atoms with Gasteiger partial charge in [-0.1, -0.05) is 0 Å². The molecule has 0 atom stereocenters. The van der Waals surface area contributed by atoms with Crippen molar-refractivity contribution in [3.05, 3.63) is 21.7 Å². The number of fused-ring (bicyclic) bond motifs is 1. The molecular weight excluding hydrogens is 240 g/mol. The Morgan fingerprint density at radius 2 is 2.20 bits per heavy atom. The van der Waals surface area contributed by atoms with Crippen LogP contribution in [-0.2, 0) is 18.5 Å². The van der Waals surface area contributed by atoms with Gasteiger partial charge in [-0.15, -0.1) is 0 Å². The lowest BCUT2D eigenvalue weighted by Gasteiger charge is -2.10. The van der Waals surface area contributed by atoms with Gasteiger partial charge in [-0.2, -0.15) is 0 Å². The third kappa shape index (κ3) is 1.37. The SMILES string of the molecule is CN(C=O)C1=C2C(=CSS2(=O)=O)NC1=O. The molecule has 0 radical (unpaired) electrons. The van der Waals surface area contributed by atoms with Crippen LogP contribution in [0.3, 0.4) is 0 Å². The van der Waals surface area contributed by atoms with Crippen molar-refractivity contribution in [1.82, 2.24) is 10.2 Å². The molecule has 2 aliphatic rings. The van der Waals surface area contributed by atoms with Crippen molar-refractivity contribution in [2.24, 2.45) is 0 Å². The number of nitrogens with one attached hydrogen (secondary N) is 1. The van der Waals surface area contributed by atoms with Crippen LogP contribution in [0, 0.1) is 0 Å². The molecule has 0 aliphatic carbocycles. The Bertz CT molecular complexity index is 517. The van der Waals surface area contributed by atoms with Crippen LogP contribution in [0.4, 0.5) is 0 Å². The first-order valence-corrected chi connectivity index (χ1v) is 6.73. The van der Waals surface area contributed by atoms with Crippen LogP contribution in [0.2, 0.25) is 0 Å². The van der Waals surface area contributed by atoms with E-state index in [0.29, 0.717) is 17.2 Å². The van der Waals surface area contributed by atoms with Crippen LogP contribution in [0.25, 0.3) is 0 Å². The first-order valence-electron chi connectivity index (χ1n) is 3.85. The number of hydrogen-bond donors (Lipinski definition) is 1. The van der Waals surface area contributed by atoms with E-state index in [1.54, 1.807) is 0 Å². The topological polar surface area (TPSA) is 83.6 Å². The smallest absolute Gasteiger partial charge is 0.273 e. The molecule has 0 saturated heterocycles. The second kappa shape index (κ2) is 3.11. The highest BCUT2D eigenvalue weighted by molar-refractivity contribution is 8.75. The zero-order chi connectivity index (χ0) is 11.2. The monoisotopic (exact) mass is 246 g/mol. The van der Waals surface area contributed by atoms with Gasteiger partial charge in [0, 0.05) is 23.2 Å². The Kier molecular flexibility index (Phi) is 2.12. The Morgan fingerprint density at radius 1 is 1.53 bits per heavy atom. The predicted octanol–water partition coefficient (Wildman–Crippen LogP) is -0.666. The molecule has 6 nitrogen and oxygen atoms in total. The van der Waals surface area contributed by atoms with Crippen LogP contribution in [0.15, 0.2) is 21.7 Å². The average Bonchev–Trinajstić information content (AvgIpc) is 2.64. The number of amides is 2. The summed E-state index contributed by atoms with van der Waals surface area (Å²) in [7, 11) is -1.59. The zero-order valence-electron chi connectivity index (χ0n) is 7.55. The lowest BCUT2D eigenvalue weighted by Crippen LogP contribution is -2.26. The Hall–Kier alpha value is -1.28. The summed E-state index contributed by atoms with van der Waals surface area (Å²) in [6.45, 7) is 0. The minimum atomic E-state index is -3.54. The van der Waals surface area contributed by atoms with Gasteiger partial charge in [0.25, 0.3) is 5.91 Å². The fourth-order valence-electron chi connectivity index (χ4n) is 1.34. The van der Waals surface area contributed by atoms with E-state index in [4.69, 9.17) is 0 Å². The summed E-state index contributed by atoms with van der Waals surface area (Å²) in [5.41, 5.74) is 0.120. The molecule has 0 spiro atoms. The van der Waals surface area contributed by atoms with E-state index in [2.05, 4.69) is 5.32 Å². The number of carbonyl (C=O) groups is 2. The van der Waals surface area contributed by atoms with Crippen LogP contribution in [0.1, 0.15) is 0 Å². The molecule has 2 rings (SSSR count). The molecule has 2 aliphatic heterocycles. The third-order valence-electron chi connectivity index (χ3n) is 1.98. The third-order valence-corrected chi connectivity index (χ3v) is 5.02. The van der Waals surface area contributed by atoms with Gasteiger partial charge in [-0.25, -0.2) is 8.42 Å². The van der Waals surface area contributed by atoms with Gasteiger partial charge < -0.3 is 10.2 Å². The fraction of sp³-hybridized carbons (Fsp3) is 0.143. The maximum absolute atomic E-state index is 11.5. The predicted molar refractivity (Wildman–Crippen MR) is 53.6 cm³/mol. The van der Waals surface area contributed by atoms with Crippen molar-refractivity contribution in [3.63, 3.8) is 0 Å². The minimum absolute atomic E-state index is 0.105. The number of hydrogen-bond acceptors (Lipinski definition) is 5. The van der Waals surface area contributed by atoms with Crippen LogP contribution in [0.5, 0.6) is 0 Å². The van der Waals surface area contributed by atoms with Gasteiger partial charge in [0.15, 0.2) is 0 Å². The first kappa shape index (κ1) is 10.2. The molecule has 0 aromatic heterocycles.